The average molecular weight is 497 g/mol. The number of halogens is 1. The second-order valence-electron chi connectivity index (χ2n) is 5.90. The number of ether oxygens (including phenoxy) is 1. The maximum Gasteiger partial charge on any atom is 0.261 e. The van der Waals surface area contributed by atoms with E-state index in [0.717, 1.165) is 0 Å². The van der Waals surface area contributed by atoms with E-state index in [1.165, 1.54) is 49.6 Å². The summed E-state index contributed by atoms with van der Waals surface area (Å²) in [7, 11) is -6.16. The normalized spacial score (nSPS) is 11.7. The highest BCUT2D eigenvalue weighted by Gasteiger charge is 2.18. The molecule has 29 heavy (non-hydrogen) atoms. The van der Waals surface area contributed by atoms with E-state index < -0.39 is 20.0 Å². The molecule has 0 amide bonds. The molecule has 0 atom stereocenters. The molecule has 0 saturated carbocycles. The lowest BCUT2D eigenvalue weighted by molar-refractivity contribution is 0.411. The lowest BCUT2D eigenvalue weighted by atomic mass is 10.3. The first-order chi connectivity index (χ1) is 13.7. The third-order valence-electron chi connectivity index (χ3n) is 3.88. The van der Waals surface area contributed by atoms with E-state index in [4.69, 9.17) is 4.74 Å². The number of sulfonamides is 2. The lowest BCUT2D eigenvalue weighted by Crippen LogP contribution is -2.14. The van der Waals surface area contributed by atoms with Crippen molar-refractivity contribution in [2.45, 2.75) is 9.79 Å². The second-order valence-corrected chi connectivity index (χ2v) is 10.1. The molecule has 7 nitrogen and oxygen atoms in total. The van der Waals surface area contributed by atoms with Crippen LogP contribution >= 0.6 is 15.9 Å². The second kappa shape index (κ2) is 8.44. The molecule has 0 aliphatic heterocycles. The molecule has 0 radical (unpaired) electrons. The number of anilines is 2. The van der Waals surface area contributed by atoms with Crippen LogP contribution < -0.4 is 14.2 Å². The summed E-state index contributed by atoms with van der Waals surface area (Å²) in [6, 6.07) is 18.3. The van der Waals surface area contributed by atoms with Crippen molar-refractivity contribution in [2.75, 3.05) is 16.6 Å². The van der Waals surface area contributed by atoms with Gasteiger partial charge in [0.1, 0.15) is 5.75 Å². The molecule has 2 N–H and O–H groups in total. The fraction of sp³-hybridized carbons (Fsp3) is 0.0526. The van der Waals surface area contributed by atoms with Crippen molar-refractivity contribution in [1.29, 1.82) is 0 Å². The van der Waals surface area contributed by atoms with Gasteiger partial charge >= 0.3 is 0 Å². The highest BCUT2D eigenvalue weighted by Crippen LogP contribution is 2.28. The fourth-order valence-electron chi connectivity index (χ4n) is 2.45. The number of hydrogen-bond donors (Lipinski definition) is 2. The van der Waals surface area contributed by atoms with Gasteiger partial charge < -0.3 is 4.74 Å². The summed E-state index contributed by atoms with van der Waals surface area (Å²) in [5, 5.41) is 0. The van der Waals surface area contributed by atoms with Crippen LogP contribution in [0.15, 0.2) is 87.1 Å². The Kier molecular flexibility index (Phi) is 6.15. The summed E-state index contributed by atoms with van der Waals surface area (Å²) in [4.78, 5) is 0.0455. The van der Waals surface area contributed by atoms with Gasteiger partial charge in [0.15, 0.2) is 0 Å². The van der Waals surface area contributed by atoms with Crippen molar-refractivity contribution in [3.8, 4) is 5.75 Å². The molecular formula is C19H17BrN2O5S2. The van der Waals surface area contributed by atoms with Crippen LogP contribution in [0, 0.1) is 0 Å². The quantitative estimate of drug-likeness (QED) is 0.513. The van der Waals surface area contributed by atoms with E-state index in [9.17, 15) is 16.8 Å². The Morgan fingerprint density at radius 2 is 1.24 bits per heavy atom. The van der Waals surface area contributed by atoms with E-state index in [1.54, 1.807) is 30.3 Å². The Morgan fingerprint density at radius 3 is 1.79 bits per heavy atom. The maximum atomic E-state index is 12.6. The summed E-state index contributed by atoms with van der Waals surface area (Å²) >= 11 is 3.25. The minimum absolute atomic E-state index is 0.0106. The number of methoxy groups -OCH3 is 1. The summed E-state index contributed by atoms with van der Waals surface area (Å²) in [5.74, 6) is 0.504. The molecule has 10 heteroatoms. The summed E-state index contributed by atoms with van der Waals surface area (Å²) in [5.41, 5.74) is 0.665. The molecule has 0 bridgehead atoms. The molecule has 0 aliphatic rings. The van der Waals surface area contributed by atoms with Crippen LogP contribution in [-0.2, 0) is 20.0 Å². The number of nitrogens with one attached hydrogen (secondary N) is 2. The smallest absolute Gasteiger partial charge is 0.261 e. The van der Waals surface area contributed by atoms with E-state index in [0.29, 0.717) is 15.9 Å². The molecule has 0 unspecified atom stereocenters. The predicted molar refractivity (Wildman–Crippen MR) is 115 cm³/mol. The van der Waals surface area contributed by atoms with Crippen LogP contribution in [-0.4, -0.2) is 23.9 Å². The van der Waals surface area contributed by atoms with Gasteiger partial charge in [-0.05, 0) is 70.5 Å². The monoisotopic (exact) mass is 496 g/mol. The van der Waals surface area contributed by atoms with Gasteiger partial charge in [-0.25, -0.2) is 16.8 Å². The predicted octanol–water partition coefficient (Wildman–Crippen LogP) is 4.06. The minimum atomic E-state index is -3.86. The molecule has 3 rings (SSSR count). The van der Waals surface area contributed by atoms with Gasteiger partial charge in [0.2, 0.25) is 0 Å². The Hall–Kier alpha value is -2.56. The van der Waals surface area contributed by atoms with Crippen molar-refractivity contribution in [1.82, 2.24) is 0 Å². The van der Waals surface area contributed by atoms with E-state index in [1.807, 2.05) is 0 Å². The van der Waals surface area contributed by atoms with Gasteiger partial charge in [-0.2, -0.15) is 0 Å². The van der Waals surface area contributed by atoms with E-state index >= 15 is 0 Å². The molecule has 3 aromatic rings. The lowest BCUT2D eigenvalue weighted by Gasteiger charge is -2.11. The molecule has 0 aromatic heterocycles. The first kappa shape index (κ1) is 21.2. The fourth-order valence-corrected chi connectivity index (χ4v) is 5.29. The Balaban J connectivity index is 1.79. The molecule has 0 spiro atoms. The first-order valence-electron chi connectivity index (χ1n) is 8.25. The van der Waals surface area contributed by atoms with Crippen molar-refractivity contribution in [3.63, 3.8) is 0 Å². The van der Waals surface area contributed by atoms with Gasteiger partial charge in [-0.15, -0.1) is 0 Å². The van der Waals surface area contributed by atoms with Crippen LogP contribution in [0.5, 0.6) is 5.75 Å². The minimum Gasteiger partial charge on any atom is -0.496 e. The number of para-hydroxylation sites is 1. The number of rotatable bonds is 7. The molecule has 152 valence electrons. The summed E-state index contributed by atoms with van der Waals surface area (Å²) < 4.78 is 60.5. The molecule has 0 fully saturated rings. The Morgan fingerprint density at radius 1 is 0.724 bits per heavy atom. The van der Waals surface area contributed by atoms with Gasteiger partial charge in [-0.1, -0.05) is 18.2 Å². The zero-order valence-corrected chi connectivity index (χ0v) is 18.4. The van der Waals surface area contributed by atoms with Gasteiger partial charge in [-0.3, -0.25) is 9.44 Å². The SMILES string of the molecule is COc1ccc(S(=O)(=O)Nc2ccc(S(=O)(=O)Nc3ccccc3)cc2)cc1Br. The molecule has 0 heterocycles. The third-order valence-corrected chi connectivity index (χ3v) is 7.27. The number of hydrogen-bond acceptors (Lipinski definition) is 5. The van der Waals surface area contributed by atoms with Crippen molar-refractivity contribution in [2.24, 2.45) is 0 Å². The number of benzene rings is 3. The zero-order valence-electron chi connectivity index (χ0n) is 15.2. The maximum absolute atomic E-state index is 12.6. The van der Waals surface area contributed by atoms with Crippen molar-refractivity contribution >= 4 is 47.4 Å². The Bertz CT molecular complexity index is 1210. The Labute approximate surface area is 178 Å². The van der Waals surface area contributed by atoms with E-state index in [-0.39, 0.29) is 15.5 Å². The van der Waals surface area contributed by atoms with Crippen molar-refractivity contribution < 1.29 is 21.6 Å². The third kappa shape index (κ3) is 5.08. The van der Waals surface area contributed by atoms with E-state index in [2.05, 4.69) is 25.4 Å². The zero-order chi connectivity index (χ0) is 21.1. The molecule has 0 saturated heterocycles. The molecular weight excluding hydrogens is 480 g/mol. The van der Waals surface area contributed by atoms with Gasteiger partial charge in [0, 0.05) is 11.4 Å². The molecule has 0 aliphatic carbocycles. The largest absolute Gasteiger partial charge is 0.496 e. The highest BCUT2D eigenvalue weighted by atomic mass is 79.9. The summed E-state index contributed by atoms with van der Waals surface area (Å²) in [6.07, 6.45) is 0. The van der Waals surface area contributed by atoms with Gasteiger partial charge in [0.05, 0.1) is 21.4 Å². The van der Waals surface area contributed by atoms with Crippen LogP contribution in [0.3, 0.4) is 0 Å². The van der Waals surface area contributed by atoms with Gasteiger partial charge in [0.25, 0.3) is 20.0 Å². The first-order valence-corrected chi connectivity index (χ1v) is 12.0. The van der Waals surface area contributed by atoms with Crippen LogP contribution in [0.2, 0.25) is 0 Å². The van der Waals surface area contributed by atoms with Crippen LogP contribution in [0.25, 0.3) is 0 Å². The van der Waals surface area contributed by atoms with Crippen LogP contribution in [0.4, 0.5) is 11.4 Å². The highest BCUT2D eigenvalue weighted by molar-refractivity contribution is 9.10. The molecule has 3 aromatic carbocycles. The summed E-state index contributed by atoms with van der Waals surface area (Å²) in [6.45, 7) is 0. The standard InChI is InChI=1S/C19H17BrN2O5S2/c1-27-19-12-11-17(13-18(19)20)29(25,26)22-15-7-9-16(10-8-15)28(23,24)21-14-5-3-2-4-6-14/h2-13,21-22H,1H3. The van der Waals surface area contributed by atoms with Crippen LogP contribution in [0.1, 0.15) is 0 Å². The topological polar surface area (TPSA) is 102 Å². The van der Waals surface area contributed by atoms with Crippen molar-refractivity contribution in [3.05, 3.63) is 77.3 Å². The average Bonchev–Trinajstić information content (AvgIpc) is 2.68.